The van der Waals surface area contributed by atoms with Crippen LogP contribution >= 0.6 is 0 Å². The average molecular weight is 279 g/mol. The molecular weight excluding hydrogens is 258 g/mol. The molecule has 20 heavy (non-hydrogen) atoms. The fourth-order valence-electron chi connectivity index (χ4n) is 2.17. The molecule has 1 aromatic rings. The zero-order chi connectivity index (χ0) is 14.4. The smallest absolute Gasteiger partial charge is 0.238 e. The van der Waals surface area contributed by atoms with Crippen LogP contribution in [0.15, 0.2) is 18.2 Å². The number of benzene rings is 1. The first-order valence-electron chi connectivity index (χ1n) is 6.72. The van der Waals surface area contributed by atoms with Gasteiger partial charge in [0, 0.05) is 25.4 Å². The van der Waals surface area contributed by atoms with Gasteiger partial charge in [0.15, 0.2) is 0 Å². The molecule has 0 aromatic heterocycles. The van der Waals surface area contributed by atoms with Crippen LogP contribution in [0.2, 0.25) is 0 Å². The Bertz CT molecular complexity index is 457. The molecule has 1 aliphatic heterocycles. The summed E-state index contributed by atoms with van der Waals surface area (Å²) in [5.74, 6) is 0.530. The molecule has 0 spiro atoms. The van der Waals surface area contributed by atoms with Crippen LogP contribution in [0.1, 0.15) is 6.42 Å². The fraction of sp³-hybridized carbons (Fsp3) is 0.500. The lowest BCUT2D eigenvalue weighted by Gasteiger charge is -2.19. The fourth-order valence-corrected chi connectivity index (χ4v) is 2.17. The van der Waals surface area contributed by atoms with E-state index < -0.39 is 0 Å². The molecular formula is C14H21N3O3. The third-order valence-electron chi connectivity index (χ3n) is 3.18. The van der Waals surface area contributed by atoms with Crippen molar-refractivity contribution in [3.63, 3.8) is 0 Å². The van der Waals surface area contributed by atoms with Crippen molar-refractivity contribution in [1.29, 1.82) is 0 Å². The first-order valence-corrected chi connectivity index (χ1v) is 6.72. The van der Waals surface area contributed by atoms with Crippen molar-refractivity contribution in [3.05, 3.63) is 18.2 Å². The van der Waals surface area contributed by atoms with Crippen molar-refractivity contribution in [2.24, 2.45) is 0 Å². The molecule has 1 heterocycles. The molecule has 6 heteroatoms. The van der Waals surface area contributed by atoms with E-state index in [9.17, 15) is 4.79 Å². The number of nitrogens with two attached hydrogens (primary N) is 1. The van der Waals surface area contributed by atoms with E-state index in [1.165, 1.54) is 0 Å². The lowest BCUT2D eigenvalue weighted by Crippen LogP contribution is -2.35. The third-order valence-corrected chi connectivity index (χ3v) is 3.18. The molecule has 1 aromatic carbocycles. The Labute approximate surface area is 118 Å². The van der Waals surface area contributed by atoms with Crippen LogP contribution < -0.4 is 15.8 Å². The Morgan fingerprint density at radius 2 is 2.30 bits per heavy atom. The van der Waals surface area contributed by atoms with Crippen molar-refractivity contribution < 1.29 is 14.3 Å². The number of amides is 1. The van der Waals surface area contributed by atoms with Gasteiger partial charge in [0.25, 0.3) is 0 Å². The van der Waals surface area contributed by atoms with Crippen LogP contribution in [-0.2, 0) is 9.53 Å². The first kappa shape index (κ1) is 14.6. The predicted octanol–water partition coefficient (Wildman–Crippen LogP) is 0.938. The topological polar surface area (TPSA) is 76.8 Å². The zero-order valence-corrected chi connectivity index (χ0v) is 11.7. The molecule has 0 bridgehead atoms. The summed E-state index contributed by atoms with van der Waals surface area (Å²) in [4.78, 5) is 14.2. The maximum Gasteiger partial charge on any atom is 0.238 e. The Balaban J connectivity index is 1.95. The predicted molar refractivity (Wildman–Crippen MR) is 77.9 cm³/mol. The van der Waals surface area contributed by atoms with Crippen LogP contribution in [0.3, 0.4) is 0 Å². The Hall–Kier alpha value is -1.79. The monoisotopic (exact) mass is 279 g/mol. The highest BCUT2D eigenvalue weighted by molar-refractivity contribution is 5.94. The van der Waals surface area contributed by atoms with Gasteiger partial charge < -0.3 is 20.5 Å². The molecule has 3 N–H and O–H groups in total. The summed E-state index contributed by atoms with van der Waals surface area (Å²) >= 11 is 0. The largest absolute Gasteiger partial charge is 0.495 e. The van der Waals surface area contributed by atoms with Gasteiger partial charge in [0.1, 0.15) is 5.75 Å². The van der Waals surface area contributed by atoms with E-state index >= 15 is 0 Å². The minimum Gasteiger partial charge on any atom is -0.495 e. The molecule has 0 unspecified atom stereocenters. The zero-order valence-electron chi connectivity index (χ0n) is 11.7. The molecule has 1 amide bonds. The van der Waals surface area contributed by atoms with Crippen LogP contribution in [0.25, 0.3) is 0 Å². The van der Waals surface area contributed by atoms with E-state index in [2.05, 4.69) is 10.2 Å². The van der Waals surface area contributed by atoms with Gasteiger partial charge in [-0.25, -0.2) is 0 Å². The maximum atomic E-state index is 12.1. The number of rotatable bonds is 4. The molecule has 1 saturated heterocycles. The second-order valence-electron chi connectivity index (χ2n) is 4.75. The van der Waals surface area contributed by atoms with E-state index in [-0.39, 0.29) is 5.91 Å². The number of methoxy groups -OCH3 is 1. The number of nitrogens with one attached hydrogen (secondary N) is 1. The number of ether oxygens (including phenoxy) is 2. The van der Waals surface area contributed by atoms with E-state index in [1.54, 1.807) is 25.3 Å². The highest BCUT2D eigenvalue weighted by Crippen LogP contribution is 2.26. The minimum atomic E-state index is -0.0733. The maximum absolute atomic E-state index is 12.1. The van der Waals surface area contributed by atoms with Crippen molar-refractivity contribution in [3.8, 4) is 5.75 Å². The summed E-state index contributed by atoms with van der Waals surface area (Å²) in [6.45, 7) is 3.44. The minimum absolute atomic E-state index is 0.0733. The van der Waals surface area contributed by atoms with Crippen LogP contribution in [0, 0.1) is 0 Å². The van der Waals surface area contributed by atoms with E-state index in [0.717, 1.165) is 26.1 Å². The average Bonchev–Trinajstić information content (AvgIpc) is 2.67. The van der Waals surface area contributed by atoms with E-state index in [4.69, 9.17) is 15.2 Å². The van der Waals surface area contributed by atoms with Gasteiger partial charge >= 0.3 is 0 Å². The normalized spacial score (nSPS) is 16.4. The lowest BCUT2D eigenvalue weighted by molar-refractivity contribution is -0.117. The van der Waals surface area contributed by atoms with Gasteiger partial charge in [-0.3, -0.25) is 9.69 Å². The van der Waals surface area contributed by atoms with Crippen LogP contribution in [0.4, 0.5) is 11.4 Å². The Kier molecular flexibility index (Phi) is 5.20. The van der Waals surface area contributed by atoms with Gasteiger partial charge in [0.2, 0.25) is 5.91 Å². The van der Waals surface area contributed by atoms with Crippen molar-refractivity contribution in [1.82, 2.24) is 4.90 Å². The molecule has 0 saturated carbocycles. The second kappa shape index (κ2) is 7.12. The second-order valence-corrected chi connectivity index (χ2v) is 4.75. The van der Waals surface area contributed by atoms with Crippen LogP contribution in [-0.4, -0.2) is 50.8 Å². The summed E-state index contributed by atoms with van der Waals surface area (Å²) in [6, 6.07) is 5.17. The molecule has 2 rings (SSSR count). The summed E-state index contributed by atoms with van der Waals surface area (Å²) in [6.07, 6.45) is 0.953. The molecule has 1 fully saturated rings. The first-order chi connectivity index (χ1) is 9.69. The quantitative estimate of drug-likeness (QED) is 0.802. The molecule has 0 atom stereocenters. The van der Waals surface area contributed by atoms with Gasteiger partial charge in [-0.1, -0.05) is 0 Å². The Morgan fingerprint density at radius 1 is 1.45 bits per heavy atom. The van der Waals surface area contributed by atoms with Crippen molar-refractivity contribution in [2.75, 3.05) is 51.0 Å². The van der Waals surface area contributed by atoms with Gasteiger partial charge in [-0.05, 0) is 24.6 Å². The lowest BCUT2D eigenvalue weighted by atomic mass is 10.2. The highest BCUT2D eigenvalue weighted by Gasteiger charge is 2.14. The summed E-state index contributed by atoms with van der Waals surface area (Å²) in [7, 11) is 1.56. The number of nitrogen functional groups attached to an aromatic ring is 1. The third kappa shape index (κ3) is 4.11. The summed E-state index contributed by atoms with van der Waals surface area (Å²) in [5, 5.41) is 2.84. The Morgan fingerprint density at radius 3 is 3.10 bits per heavy atom. The number of hydrogen-bond donors (Lipinski definition) is 2. The molecule has 0 radical (unpaired) electrons. The standard InChI is InChI=1S/C14H21N3O3/c1-19-13-4-3-11(15)9-12(13)16-14(18)10-17-5-2-7-20-8-6-17/h3-4,9H,2,5-8,10,15H2,1H3,(H,16,18). The molecule has 1 aliphatic rings. The number of hydrogen-bond acceptors (Lipinski definition) is 5. The van der Waals surface area contributed by atoms with Gasteiger partial charge in [-0.15, -0.1) is 0 Å². The van der Waals surface area contributed by atoms with Gasteiger partial charge in [-0.2, -0.15) is 0 Å². The van der Waals surface area contributed by atoms with Crippen molar-refractivity contribution in [2.45, 2.75) is 6.42 Å². The number of anilines is 2. The van der Waals surface area contributed by atoms with E-state index in [1.807, 2.05) is 0 Å². The number of carbonyl (C=O) groups is 1. The summed E-state index contributed by atoms with van der Waals surface area (Å²) in [5.41, 5.74) is 6.92. The van der Waals surface area contributed by atoms with Crippen molar-refractivity contribution >= 4 is 17.3 Å². The van der Waals surface area contributed by atoms with Crippen LogP contribution in [0.5, 0.6) is 5.75 Å². The molecule has 0 aliphatic carbocycles. The number of nitrogens with zero attached hydrogens (tertiary/aromatic N) is 1. The van der Waals surface area contributed by atoms with Gasteiger partial charge in [0.05, 0.1) is 25.9 Å². The molecule has 6 nitrogen and oxygen atoms in total. The molecule has 110 valence electrons. The summed E-state index contributed by atoms with van der Waals surface area (Å²) < 4.78 is 10.6. The highest BCUT2D eigenvalue weighted by atomic mass is 16.5. The number of carbonyl (C=O) groups excluding carboxylic acids is 1. The van der Waals surface area contributed by atoms with E-state index in [0.29, 0.717) is 30.3 Å². The SMILES string of the molecule is COc1ccc(N)cc1NC(=O)CN1CCCOCC1.